The van der Waals surface area contributed by atoms with E-state index in [1.807, 2.05) is 0 Å². The molecule has 1 N–H and O–H groups in total. The van der Waals surface area contributed by atoms with Crippen LogP contribution in [0.5, 0.6) is 0 Å². The van der Waals surface area contributed by atoms with E-state index < -0.39 is 0 Å². The van der Waals surface area contributed by atoms with E-state index in [1.165, 1.54) is 11.3 Å². The number of aryl methyl sites for hydroxylation is 1. The first-order valence-electron chi connectivity index (χ1n) is 6.11. The zero-order valence-electron chi connectivity index (χ0n) is 10.0. The van der Waals surface area contributed by atoms with Gasteiger partial charge in [-0.05, 0) is 56.4 Å². The Kier molecular flexibility index (Phi) is 4.06. The fraction of sp³-hybridized carbons (Fsp3) is 0.500. The molecule has 1 fully saturated rings. The molecule has 1 aromatic rings. The summed E-state index contributed by atoms with van der Waals surface area (Å²) >= 11 is 3.51. The molecule has 0 radical (unpaired) electrons. The van der Waals surface area contributed by atoms with Crippen molar-refractivity contribution in [2.45, 2.75) is 38.6 Å². The molecule has 0 aromatic heterocycles. The van der Waals surface area contributed by atoms with E-state index in [0.29, 0.717) is 6.04 Å². The van der Waals surface area contributed by atoms with Gasteiger partial charge in [-0.3, -0.25) is 0 Å². The molecule has 0 atom stereocenters. The summed E-state index contributed by atoms with van der Waals surface area (Å²) in [7, 11) is 0. The van der Waals surface area contributed by atoms with Crippen LogP contribution in [-0.2, 0) is 0 Å². The van der Waals surface area contributed by atoms with Crippen molar-refractivity contribution in [1.29, 1.82) is 5.26 Å². The van der Waals surface area contributed by atoms with Crippen LogP contribution in [0.3, 0.4) is 0 Å². The smallest absolute Gasteiger partial charge is 0.0655 e. The van der Waals surface area contributed by atoms with Crippen LogP contribution in [0.15, 0.2) is 22.7 Å². The van der Waals surface area contributed by atoms with E-state index in [9.17, 15) is 0 Å². The standard InChI is InChI=1S/C14H17BrN2/c1-10-8-13(6-7-14(10)15)17-12-4-2-11(9-16)3-5-12/h6-8,11-12,17H,2-5H2,1H3. The fourth-order valence-electron chi connectivity index (χ4n) is 2.34. The highest BCUT2D eigenvalue weighted by Crippen LogP contribution is 2.27. The summed E-state index contributed by atoms with van der Waals surface area (Å²) in [5.74, 6) is 0.278. The average Bonchev–Trinajstić information content (AvgIpc) is 2.35. The van der Waals surface area contributed by atoms with E-state index in [4.69, 9.17) is 5.26 Å². The summed E-state index contributed by atoms with van der Waals surface area (Å²) in [6.07, 6.45) is 4.27. The normalized spacial score (nSPS) is 24.1. The number of nitriles is 1. The SMILES string of the molecule is Cc1cc(NC2CCC(C#N)CC2)ccc1Br. The number of benzene rings is 1. The summed E-state index contributed by atoms with van der Waals surface area (Å²) in [6, 6.07) is 9.25. The average molecular weight is 293 g/mol. The zero-order valence-corrected chi connectivity index (χ0v) is 11.6. The van der Waals surface area contributed by atoms with Crippen molar-refractivity contribution in [2.75, 3.05) is 5.32 Å². The number of anilines is 1. The third kappa shape index (κ3) is 3.23. The van der Waals surface area contributed by atoms with Gasteiger partial charge in [-0.25, -0.2) is 0 Å². The molecule has 3 heteroatoms. The van der Waals surface area contributed by atoms with Gasteiger partial charge in [-0.15, -0.1) is 0 Å². The molecule has 1 saturated carbocycles. The lowest BCUT2D eigenvalue weighted by molar-refractivity contribution is 0.397. The summed E-state index contributed by atoms with van der Waals surface area (Å²) in [5, 5.41) is 12.4. The Hall–Kier alpha value is -1.01. The number of halogens is 1. The molecule has 17 heavy (non-hydrogen) atoms. The van der Waals surface area contributed by atoms with E-state index in [1.54, 1.807) is 0 Å². The van der Waals surface area contributed by atoms with Gasteiger partial charge < -0.3 is 5.32 Å². The second-order valence-corrected chi connectivity index (χ2v) is 5.64. The quantitative estimate of drug-likeness (QED) is 0.884. The van der Waals surface area contributed by atoms with Crippen LogP contribution < -0.4 is 5.32 Å². The summed E-state index contributed by atoms with van der Waals surface area (Å²) in [6.45, 7) is 2.10. The first-order chi connectivity index (χ1) is 8.19. The minimum Gasteiger partial charge on any atom is -0.382 e. The van der Waals surface area contributed by atoms with Crippen LogP contribution in [0, 0.1) is 24.2 Å². The Bertz CT molecular complexity index is 428. The Balaban J connectivity index is 1.93. The van der Waals surface area contributed by atoms with Gasteiger partial charge in [0.05, 0.1) is 6.07 Å². The molecule has 1 aliphatic carbocycles. The topological polar surface area (TPSA) is 35.8 Å². The second kappa shape index (κ2) is 5.55. The first kappa shape index (κ1) is 12.4. The molecule has 1 aromatic carbocycles. The molecule has 2 rings (SSSR count). The Labute approximate surface area is 111 Å². The van der Waals surface area contributed by atoms with Crippen molar-refractivity contribution < 1.29 is 0 Å². The van der Waals surface area contributed by atoms with Crippen molar-refractivity contribution in [3.63, 3.8) is 0 Å². The van der Waals surface area contributed by atoms with Crippen molar-refractivity contribution in [1.82, 2.24) is 0 Å². The number of nitrogens with one attached hydrogen (secondary N) is 1. The number of rotatable bonds is 2. The van der Waals surface area contributed by atoms with Crippen LogP contribution in [0.1, 0.15) is 31.2 Å². The first-order valence-corrected chi connectivity index (χ1v) is 6.90. The Morgan fingerprint density at radius 1 is 1.29 bits per heavy atom. The maximum absolute atomic E-state index is 8.86. The minimum absolute atomic E-state index is 0.278. The van der Waals surface area contributed by atoms with Gasteiger partial charge in [-0.2, -0.15) is 5.26 Å². The van der Waals surface area contributed by atoms with Crippen molar-refractivity contribution in [2.24, 2.45) is 5.92 Å². The highest BCUT2D eigenvalue weighted by Gasteiger charge is 2.20. The van der Waals surface area contributed by atoms with Crippen molar-refractivity contribution in [3.8, 4) is 6.07 Å². The summed E-state index contributed by atoms with van der Waals surface area (Å²) < 4.78 is 1.15. The monoisotopic (exact) mass is 292 g/mol. The van der Waals surface area contributed by atoms with Crippen molar-refractivity contribution >= 4 is 21.6 Å². The Morgan fingerprint density at radius 3 is 2.59 bits per heavy atom. The summed E-state index contributed by atoms with van der Waals surface area (Å²) in [4.78, 5) is 0. The van der Waals surface area contributed by atoms with Gasteiger partial charge in [0.1, 0.15) is 0 Å². The maximum atomic E-state index is 8.86. The zero-order chi connectivity index (χ0) is 12.3. The van der Waals surface area contributed by atoms with Gasteiger partial charge >= 0.3 is 0 Å². The van der Waals surface area contributed by atoms with Crippen LogP contribution >= 0.6 is 15.9 Å². The molecular formula is C14H17BrN2. The van der Waals surface area contributed by atoms with Crippen molar-refractivity contribution in [3.05, 3.63) is 28.2 Å². The molecule has 0 bridgehead atoms. The number of nitrogens with zero attached hydrogens (tertiary/aromatic N) is 1. The van der Waals surface area contributed by atoms with Crippen LogP contribution in [0.25, 0.3) is 0 Å². The van der Waals surface area contributed by atoms with Gasteiger partial charge in [0, 0.05) is 22.1 Å². The molecule has 2 nitrogen and oxygen atoms in total. The predicted octanol–water partition coefficient (Wildman–Crippen LogP) is 4.25. The number of hydrogen-bond acceptors (Lipinski definition) is 2. The third-order valence-electron chi connectivity index (χ3n) is 3.44. The molecule has 90 valence electrons. The van der Waals surface area contributed by atoms with E-state index >= 15 is 0 Å². The van der Waals surface area contributed by atoms with Crippen LogP contribution in [-0.4, -0.2) is 6.04 Å². The Morgan fingerprint density at radius 2 is 2.00 bits per heavy atom. The van der Waals surface area contributed by atoms with Crippen LogP contribution in [0.2, 0.25) is 0 Å². The maximum Gasteiger partial charge on any atom is 0.0655 e. The van der Waals surface area contributed by atoms with E-state index in [-0.39, 0.29) is 5.92 Å². The highest BCUT2D eigenvalue weighted by molar-refractivity contribution is 9.10. The molecular weight excluding hydrogens is 276 g/mol. The molecule has 0 saturated heterocycles. The largest absolute Gasteiger partial charge is 0.382 e. The number of hydrogen-bond donors (Lipinski definition) is 1. The lowest BCUT2D eigenvalue weighted by Gasteiger charge is -2.26. The second-order valence-electron chi connectivity index (χ2n) is 4.79. The minimum atomic E-state index is 0.278. The lowest BCUT2D eigenvalue weighted by Crippen LogP contribution is -2.25. The highest BCUT2D eigenvalue weighted by atomic mass is 79.9. The molecule has 0 aliphatic heterocycles. The van der Waals surface area contributed by atoms with Crippen LogP contribution in [0.4, 0.5) is 5.69 Å². The molecule has 0 spiro atoms. The van der Waals surface area contributed by atoms with E-state index in [0.717, 1.165) is 30.2 Å². The van der Waals surface area contributed by atoms with Gasteiger partial charge in [0.25, 0.3) is 0 Å². The summed E-state index contributed by atoms with van der Waals surface area (Å²) in [5.41, 5.74) is 2.44. The van der Waals surface area contributed by atoms with E-state index in [2.05, 4.69) is 52.4 Å². The molecule has 0 heterocycles. The fourth-order valence-corrected chi connectivity index (χ4v) is 2.58. The van der Waals surface area contributed by atoms with Gasteiger partial charge in [0.2, 0.25) is 0 Å². The predicted molar refractivity (Wildman–Crippen MR) is 73.9 cm³/mol. The van der Waals surface area contributed by atoms with Gasteiger partial charge in [0.15, 0.2) is 0 Å². The molecule has 0 amide bonds. The third-order valence-corrected chi connectivity index (χ3v) is 4.33. The van der Waals surface area contributed by atoms with Gasteiger partial charge in [-0.1, -0.05) is 15.9 Å². The molecule has 1 aliphatic rings. The molecule has 0 unspecified atom stereocenters. The lowest BCUT2D eigenvalue weighted by atomic mass is 9.87.